The van der Waals surface area contributed by atoms with Gasteiger partial charge >= 0.3 is 6.18 Å². The van der Waals surface area contributed by atoms with E-state index < -0.39 is 12.7 Å². The van der Waals surface area contributed by atoms with Crippen molar-refractivity contribution < 1.29 is 17.6 Å². The molecule has 1 saturated heterocycles. The molecule has 0 amide bonds. The van der Waals surface area contributed by atoms with E-state index in [1.165, 1.54) is 0 Å². The molecule has 1 aliphatic heterocycles. The molecule has 4 aromatic rings. The van der Waals surface area contributed by atoms with Gasteiger partial charge in [-0.15, -0.1) is 0 Å². The third-order valence-electron chi connectivity index (χ3n) is 5.66. The van der Waals surface area contributed by atoms with Gasteiger partial charge in [0.1, 0.15) is 5.52 Å². The maximum atomic E-state index is 12.4. The second-order valence-corrected chi connectivity index (χ2v) is 7.98. The molecule has 0 saturated carbocycles. The number of aromatic amines is 1. The number of fused-ring (bicyclic) bond motifs is 2. The Hall–Kier alpha value is -3.34. The zero-order chi connectivity index (χ0) is 22.1. The van der Waals surface area contributed by atoms with Gasteiger partial charge in [-0.1, -0.05) is 0 Å². The van der Waals surface area contributed by atoms with Crippen LogP contribution in [-0.4, -0.2) is 52.5 Å². The molecule has 5 rings (SSSR count). The van der Waals surface area contributed by atoms with Gasteiger partial charge in [0.2, 0.25) is 5.95 Å². The highest BCUT2D eigenvalue weighted by Crippen LogP contribution is 2.31. The van der Waals surface area contributed by atoms with Crippen molar-refractivity contribution in [2.24, 2.45) is 5.92 Å². The van der Waals surface area contributed by atoms with Gasteiger partial charge in [0, 0.05) is 30.2 Å². The Morgan fingerprint density at radius 2 is 2.00 bits per heavy atom. The summed E-state index contributed by atoms with van der Waals surface area (Å²) < 4.78 is 42.7. The molecule has 3 aromatic heterocycles. The summed E-state index contributed by atoms with van der Waals surface area (Å²) in [5.74, 6) is 1.33. The van der Waals surface area contributed by atoms with Gasteiger partial charge in [0.05, 0.1) is 24.5 Å². The molecule has 0 bridgehead atoms. The minimum atomic E-state index is -4.18. The second-order valence-electron chi connectivity index (χ2n) is 7.98. The Morgan fingerprint density at radius 3 is 2.81 bits per heavy atom. The summed E-state index contributed by atoms with van der Waals surface area (Å²) in [4.78, 5) is 11.4. The van der Waals surface area contributed by atoms with Crippen molar-refractivity contribution in [3.05, 3.63) is 36.7 Å². The van der Waals surface area contributed by atoms with E-state index in [0.29, 0.717) is 42.5 Å². The number of alkyl halides is 3. The molecule has 168 valence electrons. The quantitative estimate of drug-likeness (QED) is 0.409. The first-order chi connectivity index (χ1) is 15.4. The van der Waals surface area contributed by atoms with Crippen molar-refractivity contribution >= 4 is 39.5 Å². The number of aromatic nitrogens is 4. The number of anilines is 3. The van der Waals surface area contributed by atoms with Crippen molar-refractivity contribution in [1.82, 2.24) is 25.5 Å². The molecule has 1 aliphatic rings. The van der Waals surface area contributed by atoms with Crippen LogP contribution < -0.4 is 15.5 Å². The van der Waals surface area contributed by atoms with Gasteiger partial charge in [0.25, 0.3) is 0 Å². The molecule has 0 unspecified atom stereocenters. The van der Waals surface area contributed by atoms with E-state index in [1.54, 1.807) is 18.5 Å². The predicted molar refractivity (Wildman–Crippen MR) is 115 cm³/mol. The normalized spacial score (nSPS) is 15.7. The number of hydrogen-bond donors (Lipinski definition) is 3. The minimum Gasteiger partial charge on any atom is -0.459 e. The van der Waals surface area contributed by atoms with Gasteiger partial charge in [0.15, 0.2) is 11.4 Å². The third kappa shape index (κ3) is 4.47. The average molecular weight is 445 g/mol. The highest BCUT2D eigenvalue weighted by molar-refractivity contribution is 5.86. The Bertz CT molecular complexity index is 1210. The standard InChI is InChI=1S/C21H22F3N7O/c22-21(23,24)12-25-10-13-3-6-31(7-4-13)19-18-16(5-8-32-18)28-20(29-19)27-15-2-1-14-11-26-30-17(14)9-15/h1-2,5,8-9,11,13,25H,3-4,6-7,10,12H2,(H,26,30)(H,27,28,29). The fraction of sp³-hybridized carbons (Fsp3) is 0.381. The van der Waals surface area contributed by atoms with Crippen molar-refractivity contribution in [3.8, 4) is 0 Å². The Kier molecular flexibility index (Phi) is 5.33. The summed E-state index contributed by atoms with van der Waals surface area (Å²) in [5.41, 5.74) is 3.02. The molecule has 0 radical (unpaired) electrons. The first kappa shape index (κ1) is 20.6. The van der Waals surface area contributed by atoms with Gasteiger partial charge in [-0.05, 0) is 43.5 Å². The summed E-state index contributed by atoms with van der Waals surface area (Å²) in [6.45, 7) is 0.775. The van der Waals surface area contributed by atoms with Crippen LogP contribution in [0.2, 0.25) is 0 Å². The van der Waals surface area contributed by atoms with Crippen LogP contribution in [0, 0.1) is 5.92 Å². The van der Waals surface area contributed by atoms with Crippen LogP contribution in [0.4, 0.5) is 30.6 Å². The largest absolute Gasteiger partial charge is 0.459 e. The van der Waals surface area contributed by atoms with Crippen molar-refractivity contribution in [3.63, 3.8) is 0 Å². The van der Waals surface area contributed by atoms with Crippen molar-refractivity contribution in [1.29, 1.82) is 0 Å². The molecule has 11 heteroatoms. The van der Waals surface area contributed by atoms with Crippen LogP contribution in [0.3, 0.4) is 0 Å². The number of nitrogens with zero attached hydrogens (tertiary/aromatic N) is 4. The van der Waals surface area contributed by atoms with Gasteiger partial charge in [-0.2, -0.15) is 23.3 Å². The molecule has 1 fully saturated rings. The Morgan fingerprint density at radius 1 is 1.16 bits per heavy atom. The number of halogens is 3. The van der Waals surface area contributed by atoms with Gasteiger partial charge < -0.3 is 20.0 Å². The summed E-state index contributed by atoms with van der Waals surface area (Å²) in [6, 6.07) is 7.61. The zero-order valence-corrected chi connectivity index (χ0v) is 17.1. The number of rotatable bonds is 6. The Labute approximate surface area is 181 Å². The number of furan rings is 1. The molecule has 8 nitrogen and oxygen atoms in total. The molecular weight excluding hydrogens is 423 g/mol. The topological polar surface area (TPSA) is 94.9 Å². The first-order valence-electron chi connectivity index (χ1n) is 10.4. The lowest BCUT2D eigenvalue weighted by molar-refractivity contribution is -0.125. The van der Waals surface area contributed by atoms with Crippen LogP contribution in [0.5, 0.6) is 0 Å². The van der Waals surface area contributed by atoms with Gasteiger partial charge in [-0.3, -0.25) is 5.10 Å². The van der Waals surface area contributed by atoms with E-state index in [1.807, 2.05) is 18.2 Å². The summed E-state index contributed by atoms with van der Waals surface area (Å²) >= 11 is 0. The van der Waals surface area contributed by atoms with Crippen LogP contribution >= 0.6 is 0 Å². The van der Waals surface area contributed by atoms with Gasteiger partial charge in [-0.25, -0.2) is 4.98 Å². The van der Waals surface area contributed by atoms with Crippen LogP contribution in [0.1, 0.15) is 12.8 Å². The van der Waals surface area contributed by atoms with E-state index in [0.717, 1.165) is 29.4 Å². The lowest BCUT2D eigenvalue weighted by Gasteiger charge is -2.33. The molecule has 32 heavy (non-hydrogen) atoms. The number of hydrogen-bond acceptors (Lipinski definition) is 7. The Balaban J connectivity index is 1.30. The van der Waals surface area contributed by atoms with E-state index in [9.17, 15) is 13.2 Å². The highest BCUT2D eigenvalue weighted by Gasteiger charge is 2.28. The van der Waals surface area contributed by atoms with E-state index in [2.05, 4.69) is 30.7 Å². The second kappa shape index (κ2) is 8.30. The van der Waals surface area contributed by atoms with Crippen molar-refractivity contribution in [2.75, 3.05) is 36.4 Å². The van der Waals surface area contributed by atoms with Crippen molar-refractivity contribution in [2.45, 2.75) is 19.0 Å². The number of H-pyrrole nitrogens is 1. The van der Waals surface area contributed by atoms with E-state index in [-0.39, 0.29) is 5.92 Å². The number of nitrogens with one attached hydrogen (secondary N) is 3. The van der Waals surface area contributed by atoms with E-state index >= 15 is 0 Å². The van der Waals surface area contributed by atoms with Crippen LogP contribution in [-0.2, 0) is 0 Å². The highest BCUT2D eigenvalue weighted by atomic mass is 19.4. The molecule has 4 heterocycles. The summed E-state index contributed by atoms with van der Waals surface area (Å²) in [5, 5.41) is 13.7. The minimum absolute atomic E-state index is 0.196. The smallest absolute Gasteiger partial charge is 0.401 e. The zero-order valence-electron chi connectivity index (χ0n) is 17.1. The maximum absolute atomic E-state index is 12.4. The molecule has 1 aromatic carbocycles. The number of piperidine rings is 1. The molecular formula is C21H22F3N7O. The van der Waals surface area contributed by atoms with Crippen LogP contribution in [0.15, 0.2) is 41.1 Å². The summed E-state index contributed by atoms with van der Waals surface area (Å²) in [7, 11) is 0. The van der Waals surface area contributed by atoms with E-state index in [4.69, 9.17) is 9.40 Å². The lowest BCUT2D eigenvalue weighted by atomic mass is 9.97. The lowest BCUT2D eigenvalue weighted by Crippen LogP contribution is -2.39. The molecule has 0 aliphatic carbocycles. The summed E-state index contributed by atoms with van der Waals surface area (Å²) in [6.07, 6.45) is 0.703. The average Bonchev–Trinajstić information content (AvgIpc) is 3.42. The molecule has 3 N–H and O–H groups in total. The molecule has 0 spiro atoms. The fourth-order valence-electron chi connectivity index (χ4n) is 4.03. The first-order valence-corrected chi connectivity index (χ1v) is 10.4. The van der Waals surface area contributed by atoms with Crippen LogP contribution in [0.25, 0.3) is 22.0 Å². The number of benzene rings is 1. The maximum Gasteiger partial charge on any atom is 0.401 e. The molecule has 0 atom stereocenters. The monoisotopic (exact) mass is 445 g/mol. The fourth-order valence-corrected chi connectivity index (χ4v) is 4.03. The SMILES string of the molecule is FC(F)(F)CNCC1CCN(c2nc(Nc3ccc4cn[nH]c4c3)nc3ccoc23)CC1. The predicted octanol–water partition coefficient (Wildman–Crippen LogP) is 4.21. The third-order valence-corrected chi connectivity index (χ3v) is 5.66.